The summed E-state index contributed by atoms with van der Waals surface area (Å²) in [4.78, 5) is 16.1. The molecular formula is C14H15N2O2+. The number of carbonyl (C=O) groups excluding carboxylic acids is 1. The topological polar surface area (TPSA) is 43.1 Å². The summed E-state index contributed by atoms with van der Waals surface area (Å²) < 4.78 is 7.18. The third-order valence-corrected chi connectivity index (χ3v) is 2.50. The Hall–Kier alpha value is -2.23. The van der Waals surface area contributed by atoms with Gasteiger partial charge in [0.05, 0.1) is 12.8 Å². The fourth-order valence-electron chi connectivity index (χ4n) is 1.64. The molecule has 0 fully saturated rings. The van der Waals surface area contributed by atoms with Gasteiger partial charge >= 0.3 is 5.88 Å². The Labute approximate surface area is 106 Å². The van der Waals surface area contributed by atoms with Gasteiger partial charge in [-0.05, 0) is 6.92 Å². The Morgan fingerprint density at radius 2 is 2.11 bits per heavy atom. The van der Waals surface area contributed by atoms with Gasteiger partial charge in [-0.1, -0.05) is 30.3 Å². The van der Waals surface area contributed by atoms with Crippen LogP contribution in [0.25, 0.3) is 0 Å². The Bertz CT molecular complexity index is 526. The lowest BCUT2D eigenvalue weighted by Crippen LogP contribution is -2.39. The summed E-state index contributed by atoms with van der Waals surface area (Å²) in [6.07, 6.45) is 4.99. The van der Waals surface area contributed by atoms with Crippen molar-refractivity contribution in [1.82, 2.24) is 4.98 Å². The lowest BCUT2D eigenvalue weighted by atomic mass is 10.1. The maximum Gasteiger partial charge on any atom is 0.387 e. The molecule has 0 aliphatic heterocycles. The van der Waals surface area contributed by atoms with Crippen LogP contribution in [0.2, 0.25) is 0 Å². The van der Waals surface area contributed by atoms with Crippen molar-refractivity contribution < 1.29 is 14.1 Å². The van der Waals surface area contributed by atoms with Crippen LogP contribution in [-0.2, 0) is 6.54 Å². The highest BCUT2D eigenvalue weighted by Gasteiger charge is 2.16. The number of aromatic nitrogens is 2. The molecule has 0 amide bonds. The molecule has 0 atom stereocenters. The number of rotatable bonds is 5. The molecule has 18 heavy (non-hydrogen) atoms. The first-order chi connectivity index (χ1) is 8.81. The summed E-state index contributed by atoms with van der Waals surface area (Å²) in [5.74, 6) is 0.650. The number of Topliss-reactive ketones (excluding diaryl/α,β-unsaturated/α-hetero) is 1. The molecule has 0 unspecified atom stereocenters. The van der Waals surface area contributed by atoms with Crippen molar-refractivity contribution in [2.45, 2.75) is 13.5 Å². The minimum atomic E-state index is 0.0488. The molecule has 0 aliphatic rings. The van der Waals surface area contributed by atoms with Crippen molar-refractivity contribution in [1.29, 1.82) is 0 Å². The highest BCUT2D eigenvalue weighted by Crippen LogP contribution is 2.03. The van der Waals surface area contributed by atoms with Crippen molar-refractivity contribution in [3.05, 3.63) is 54.5 Å². The van der Waals surface area contributed by atoms with Crippen LogP contribution in [0, 0.1) is 0 Å². The normalized spacial score (nSPS) is 10.1. The molecule has 0 saturated heterocycles. The van der Waals surface area contributed by atoms with Crippen molar-refractivity contribution in [3.63, 3.8) is 0 Å². The first kappa shape index (κ1) is 12.2. The first-order valence-electron chi connectivity index (χ1n) is 5.85. The second kappa shape index (κ2) is 5.91. The van der Waals surface area contributed by atoms with Crippen molar-refractivity contribution in [3.8, 4) is 5.88 Å². The molecule has 1 aromatic heterocycles. The zero-order valence-electron chi connectivity index (χ0n) is 10.2. The summed E-state index contributed by atoms with van der Waals surface area (Å²) in [7, 11) is 0. The van der Waals surface area contributed by atoms with E-state index < -0.39 is 0 Å². The summed E-state index contributed by atoms with van der Waals surface area (Å²) in [5, 5.41) is 0. The molecule has 2 aromatic rings. The third kappa shape index (κ3) is 2.91. The van der Waals surface area contributed by atoms with Crippen LogP contribution in [-0.4, -0.2) is 17.4 Å². The smallest absolute Gasteiger partial charge is 0.387 e. The molecule has 0 spiro atoms. The number of hydrogen-bond acceptors (Lipinski definition) is 3. The minimum Gasteiger partial charge on any atom is -0.444 e. The Kier molecular flexibility index (Phi) is 4.02. The lowest BCUT2D eigenvalue weighted by Gasteiger charge is -2.02. The van der Waals surface area contributed by atoms with E-state index in [0.29, 0.717) is 18.1 Å². The van der Waals surface area contributed by atoms with Crippen LogP contribution in [0.15, 0.2) is 48.9 Å². The SMILES string of the molecule is CCOc1cncc[n+]1CC(=O)c1ccccc1. The van der Waals surface area contributed by atoms with Gasteiger partial charge in [-0.2, -0.15) is 4.57 Å². The predicted molar refractivity (Wildman–Crippen MR) is 66.4 cm³/mol. The summed E-state index contributed by atoms with van der Waals surface area (Å²) in [5.41, 5.74) is 0.698. The van der Waals surface area contributed by atoms with E-state index in [2.05, 4.69) is 4.98 Å². The predicted octanol–water partition coefficient (Wildman–Crippen LogP) is 1.65. The zero-order valence-corrected chi connectivity index (χ0v) is 10.2. The van der Waals surface area contributed by atoms with E-state index in [1.54, 1.807) is 23.2 Å². The molecule has 0 saturated carbocycles. The second-order valence-corrected chi connectivity index (χ2v) is 3.76. The number of hydrogen-bond donors (Lipinski definition) is 0. The van der Waals surface area contributed by atoms with Gasteiger partial charge in [-0.15, -0.1) is 0 Å². The van der Waals surface area contributed by atoms with Crippen LogP contribution in [0.5, 0.6) is 5.88 Å². The molecule has 0 radical (unpaired) electrons. The Balaban J connectivity index is 2.17. The molecule has 0 N–H and O–H groups in total. The van der Waals surface area contributed by atoms with Crippen LogP contribution in [0.4, 0.5) is 0 Å². The van der Waals surface area contributed by atoms with Gasteiger partial charge in [0, 0.05) is 5.56 Å². The van der Waals surface area contributed by atoms with E-state index in [1.807, 2.05) is 37.3 Å². The monoisotopic (exact) mass is 243 g/mol. The Morgan fingerprint density at radius 1 is 1.33 bits per heavy atom. The fraction of sp³-hybridized carbons (Fsp3) is 0.214. The van der Waals surface area contributed by atoms with E-state index in [4.69, 9.17) is 4.74 Å². The van der Waals surface area contributed by atoms with E-state index in [1.165, 1.54) is 0 Å². The maximum atomic E-state index is 12.1. The molecule has 1 heterocycles. The van der Waals surface area contributed by atoms with Crippen molar-refractivity contribution in [2.24, 2.45) is 0 Å². The molecule has 4 nitrogen and oxygen atoms in total. The van der Waals surface area contributed by atoms with Gasteiger partial charge in [0.25, 0.3) is 0 Å². The number of nitrogens with zero attached hydrogens (tertiary/aromatic N) is 2. The molecular weight excluding hydrogens is 228 g/mol. The number of ketones is 1. The van der Waals surface area contributed by atoms with E-state index in [0.717, 1.165) is 0 Å². The van der Waals surface area contributed by atoms with Gasteiger partial charge in [0.1, 0.15) is 6.20 Å². The summed E-state index contributed by atoms with van der Waals surface area (Å²) in [6.45, 7) is 2.70. The van der Waals surface area contributed by atoms with Gasteiger partial charge in [-0.25, -0.2) is 4.98 Å². The second-order valence-electron chi connectivity index (χ2n) is 3.76. The lowest BCUT2D eigenvalue weighted by molar-refractivity contribution is -0.689. The fourth-order valence-corrected chi connectivity index (χ4v) is 1.64. The minimum absolute atomic E-state index is 0.0488. The van der Waals surface area contributed by atoms with Crippen molar-refractivity contribution in [2.75, 3.05) is 6.61 Å². The average Bonchev–Trinajstić information content (AvgIpc) is 2.42. The van der Waals surface area contributed by atoms with E-state index in [9.17, 15) is 4.79 Å². The molecule has 0 aliphatic carbocycles. The number of benzene rings is 1. The van der Waals surface area contributed by atoms with Gasteiger partial charge in [0.15, 0.2) is 6.20 Å². The van der Waals surface area contributed by atoms with Gasteiger partial charge in [0.2, 0.25) is 12.3 Å². The Morgan fingerprint density at radius 3 is 2.83 bits per heavy atom. The number of carbonyl (C=O) groups is 1. The van der Waals surface area contributed by atoms with Crippen LogP contribution < -0.4 is 9.30 Å². The molecule has 1 aromatic carbocycles. The molecule has 4 heteroatoms. The zero-order chi connectivity index (χ0) is 12.8. The van der Waals surface area contributed by atoms with Crippen LogP contribution >= 0.6 is 0 Å². The van der Waals surface area contributed by atoms with Gasteiger partial charge < -0.3 is 4.74 Å². The third-order valence-electron chi connectivity index (χ3n) is 2.50. The largest absolute Gasteiger partial charge is 0.444 e. The van der Waals surface area contributed by atoms with E-state index >= 15 is 0 Å². The summed E-state index contributed by atoms with van der Waals surface area (Å²) >= 11 is 0. The first-order valence-corrected chi connectivity index (χ1v) is 5.85. The molecule has 0 bridgehead atoms. The average molecular weight is 243 g/mol. The summed E-state index contributed by atoms with van der Waals surface area (Å²) in [6, 6.07) is 9.22. The van der Waals surface area contributed by atoms with Gasteiger partial charge in [-0.3, -0.25) is 4.79 Å². The molecule has 92 valence electrons. The highest BCUT2D eigenvalue weighted by atomic mass is 16.5. The quantitative estimate of drug-likeness (QED) is 0.592. The van der Waals surface area contributed by atoms with Crippen LogP contribution in [0.3, 0.4) is 0 Å². The molecule has 2 rings (SSSR count). The van der Waals surface area contributed by atoms with E-state index in [-0.39, 0.29) is 12.3 Å². The maximum absolute atomic E-state index is 12.1. The highest BCUT2D eigenvalue weighted by molar-refractivity contribution is 5.94. The van der Waals surface area contributed by atoms with Crippen LogP contribution in [0.1, 0.15) is 17.3 Å². The standard InChI is InChI=1S/C14H15N2O2/c1-2-18-14-10-15-8-9-16(14)11-13(17)12-6-4-3-5-7-12/h3-10H,2,11H2,1H3/q+1. The van der Waals surface area contributed by atoms with Crippen molar-refractivity contribution >= 4 is 5.78 Å². The number of ether oxygens (including phenoxy) is 1.